The first-order valence-electron chi connectivity index (χ1n) is 1.35. The normalized spacial score (nSPS) is 9.60. The third kappa shape index (κ3) is 3.88. The van der Waals surface area contributed by atoms with E-state index in [4.69, 9.17) is 0 Å². The van der Waals surface area contributed by atoms with Crippen LogP contribution in [0, 0.1) is 5.21 Å². The number of hydrogen-bond acceptors (Lipinski definition) is 3. The molecular formula is C2H7N2O-. The molecule has 0 spiro atoms. The van der Waals surface area contributed by atoms with E-state index in [0.717, 1.165) is 0 Å². The largest absolute Gasteiger partial charge is 0.772 e. The van der Waals surface area contributed by atoms with E-state index >= 15 is 0 Å². The molecule has 0 aromatic carbocycles. The van der Waals surface area contributed by atoms with Gasteiger partial charge in [0, 0.05) is 0 Å². The lowest BCUT2D eigenvalue weighted by Gasteiger charge is -2.18. The van der Waals surface area contributed by atoms with Crippen molar-refractivity contribution in [3.63, 3.8) is 0 Å². The standard InChI is InChI=1S/C2H7N2O/c1-3-4(2)5/h3H,1-2H3/q-1. The molecule has 0 radical (unpaired) electrons. The number of nitrogens with zero attached hydrogens (tertiary/aromatic N) is 1. The fourth-order valence-electron chi connectivity index (χ4n) is 0. The van der Waals surface area contributed by atoms with E-state index in [1.807, 2.05) is 0 Å². The Kier molecular flexibility index (Phi) is 2.09. The van der Waals surface area contributed by atoms with E-state index in [1.165, 1.54) is 7.05 Å². The van der Waals surface area contributed by atoms with Crippen LogP contribution in [0.4, 0.5) is 0 Å². The summed E-state index contributed by atoms with van der Waals surface area (Å²) in [4.78, 5) is 0. The Morgan fingerprint density at radius 1 is 1.80 bits per heavy atom. The second-order valence-electron chi connectivity index (χ2n) is 0.721. The lowest BCUT2D eigenvalue weighted by atomic mass is 11.4. The second-order valence-corrected chi connectivity index (χ2v) is 0.721. The van der Waals surface area contributed by atoms with Crippen LogP contribution in [0.1, 0.15) is 0 Å². The number of rotatable bonds is 1. The average Bonchev–Trinajstić information content (AvgIpc) is 1.38. The molecule has 0 aromatic heterocycles. The molecule has 0 bridgehead atoms. The number of hydrogen-bond donors (Lipinski definition) is 1. The molecule has 0 saturated heterocycles. The van der Waals surface area contributed by atoms with Crippen molar-refractivity contribution >= 4 is 0 Å². The van der Waals surface area contributed by atoms with Crippen LogP contribution in [0.2, 0.25) is 0 Å². The first-order chi connectivity index (χ1) is 2.27. The summed E-state index contributed by atoms with van der Waals surface area (Å²) in [6.07, 6.45) is 0. The molecule has 3 nitrogen and oxygen atoms in total. The third-order valence-electron chi connectivity index (χ3n) is 0.315. The SMILES string of the molecule is CNN(C)[O-]. The highest BCUT2D eigenvalue weighted by Crippen LogP contribution is 1.53. The predicted molar refractivity (Wildman–Crippen MR) is 20.2 cm³/mol. The molecule has 0 aliphatic heterocycles. The van der Waals surface area contributed by atoms with E-state index in [1.54, 1.807) is 7.05 Å². The van der Waals surface area contributed by atoms with Gasteiger partial charge in [-0.1, -0.05) is 0 Å². The number of nitrogens with one attached hydrogen (secondary N) is 1. The molecule has 0 aliphatic rings. The summed E-state index contributed by atoms with van der Waals surface area (Å²) in [6.45, 7) is 0. The van der Waals surface area contributed by atoms with Gasteiger partial charge in [-0.2, -0.15) is 0 Å². The predicted octanol–water partition coefficient (Wildman–Crippen LogP) is -0.450. The fraction of sp³-hybridized carbons (Fsp3) is 1.00. The highest BCUT2D eigenvalue weighted by molar-refractivity contribution is 4.28. The van der Waals surface area contributed by atoms with E-state index in [-0.39, 0.29) is 0 Å². The van der Waals surface area contributed by atoms with Crippen molar-refractivity contribution in [1.82, 2.24) is 10.6 Å². The molecule has 0 amide bonds. The van der Waals surface area contributed by atoms with E-state index < -0.39 is 0 Å². The van der Waals surface area contributed by atoms with Crippen LogP contribution in [-0.2, 0) is 0 Å². The molecule has 0 heterocycles. The van der Waals surface area contributed by atoms with Gasteiger partial charge in [-0.05, 0) is 14.1 Å². The molecule has 0 rings (SSSR count). The maximum absolute atomic E-state index is 9.62. The van der Waals surface area contributed by atoms with Gasteiger partial charge >= 0.3 is 0 Å². The van der Waals surface area contributed by atoms with E-state index in [9.17, 15) is 5.21 Å². The van der Waals surface area contributed by atoms with Gasteiger partial charge in [-0.3, -0.25) is 5.43 Å². The minimum absolute atomic E-state index is 0.625. The zero-order chi connectivity index (χ0) is 4.28. The lowest BCUT2D eigenvalue weighted by Crippen LogP contribution is -2.23. The number of hydrazine groups is 1. The summed E-state index contributed by atoms with van der Waals surface area (Å²) >= 11 is 0. The summed E-state index contributed by atoms with van der Waals surface area (Å²) in [6, 6.07) is 0. The molecule has 0 fully saturated rings. The van der Waals surface area contributed by atoms with Gasteiger partial charge in [0.1, 0.15) is 0 Å². The molecule has 0 saturated carbocycles. The Labute approximate surface area is 31.1 Å². The van der Waals surface area contributed by atoms with Gasteiger partial charge < -0.3 is 10.4 Å². The third-order valence-corrected chi connectivity index (χ3v) is 0.315. The molecule has 32 valence electrons. The Hall–Kier alpha value is -0.120. The molecule has 0 aliphatic carbocycles. The Morgan fingerprint density at radius 3 is 2.00 bits per heavy atom. The Morgan fingerprint density at radius 2 is 2.00 bits per heavy atom. The second kappa shape index (κ2) is 2.14. The van der Waals surface area contributed by atoms with Crippen molar-refractivity contribution in [1.29, 1.82) is 0 Å². The molecule has 3 heteroatoms. The molecule has 5 heavy (non-hydrogen) atoms. The Balaban J connectivity index is 2.54. The average molecular weight is 75.1 g/mol. The molecular weight excluding hydrogens is 68.0 g/mol. The van der Waals surface area contributed by atoms with Crippen LogP contribution in [0.3, 0.4) is 0 Å². The van der Waals surface area contributed by atoms with Gasteiger partial charge in [0.25, 0.3) is 0 Å². The maximum atomic E-state index is 9.62. The summed E-state index contributed by atoms with van der Waals surface area (Å²) in [5.41, 5.74) is 2.31. The maximum Gasteiger partial charge on any atom is -0.00224 e. The summed E-state index contributed by atoms with van der Waals surface area (Å²) in [5, 5.41) is 10.2. The van der Waals surface area contributed by atoms with Crippen molar-refractivity contribution in [2.45, 2.75) is 0 Å². The Bertz CT molecular complexity index is 21.6. The van der Waals surface area contributed by atoms with Gasteiger partial charge in [0.05, 0.1) is 0 Å². The van der Waals surface area contributed by atoms with E-state index in [2.05, 4.69) is 5.43 Å². The first-order valence-corrected chi connectivity index (χ1v) is 1.35. The van der Waals surface area contributed by atoms with Crippen LogP contribution >= 0.6 is 0 Å². The van der Waals surface area contributed by atoms with Gasteiger partial charge in [-0.25, -0.2) is 0 Å². The number of hydroxylamine groups is 1. The van der Waals surface area contributed by atoms with Crippen molar-refractivity contribution < 1.29 is 0 Å². The highest BCUT2D eigenvalue weighted by atomic mass is 16.5. The molecule has 1 N–H and O–H groups in total. The lowest BCUT2D eigenvalue weighted by molar-refractivity contribution is 0.367. The quantitative estimate of drug-likeness (QED) is 0.429. The van der Waals surface area contributed by atoms with Crippen LogP contribution in [-0.4, -0.2) is 19.3 Å². The van der Waals surface area contributed by atoms with Crippen molar-refractivity contribution in [3.05, 3.63) is 5.21 Å². The zero-order valence-electron chi connectivity index (χ0n) is 3.36. The summed E-state index contributed by atoms with van der Waals surface area (Å²) in [7, 11) is 2.95. The van der Waals surface area contributed by atoms with Crippen LogP contribution in [0.25, 0.3) is 0 Å². The van der Waals surface area contributed by atoms with E-state index in [0.29, 0.717) is 5.17 Å². The smallest absolute Gasteiger partial charge is 0.00224 e. The van der Waals surface area contributed by atoms with Crippen LogP contribution < -0.4 is 5.43 Å². The molecule has 0 aromatic rings. The highest BCUT2D eigenvalue weighted by Gasteiger charge is 1.57. The molecule has 0 atom stereocenters. The zero-order valence-corrected chi connectivity index (χ0v) is 3.36. The van der Waals surface area contributed by atoms with Gasteiger partial charge in [0.15, 0.2) is 0 Å². The first kappa shape index (κ1) is 4.88. The van der Waals surface area contributed by atoms with Gasteiger partial charge in [0.2, 0.25) is 0 Å². The van der Waals surface area contributed by atoms with Crippen LogP contribution in [0.15, 0.2) is 0 Å². The van der Waals surface area contributed by atoms with Crippen molar-refractivity contribution in [2.24, 2.45) is 0 Å². The van der Waals surface area contributed by atoms with Crippen molar-refractivity contribution in [3.8, 4) is 0 Å². The van der Waals surface area contributed by atoms with Crippen LogP contribution in [0.5, 0.6) is 0 Å². The molecule has 0 unspecified atom stereocenters. The monoisotopic (exact) mass is 75.1 g/mol. The summed E-state index contributed by atoms with van der Waals surface area (Å²) < 4.78 is 0. The summed E-state index contributed by atoms with van der Waals surface area (Å²) in [5.74, 6) is 0. The topological polar surface area (TPSA) is 38.3 Å². The van der Waals surface area contributed by atoms with Gasteiger partial charge in [-0.15, -0.1) is 0 Å². The minimum atomic E-state index is 0.625. The minimum Gasteiger partial charge on any atom is -0.772 e. The fourth-order valence-corrected chi connectivity index (χ4v) is 0. The van der Waals surface area contributed by atoms with Crippen molar-refractivity contribution in [2.75, 3.05) is 14.1 Å².